The minimum atomic E-state index is -4.94. The van der Waals surface area contributed by atoms with E-state index in [4.69, 9.17) is 14.2 Å². The van der Waals surface area contributed by atoms with Gasteiger partial charge in [-0.25, -0.2) is 18.2 Å². The number of fused-ring (bicyclic) bond motifs is 5. The van der Waals surface area contributed by atoms with Crippen molar-refractivity contribution >= 4 is 44.7 Å². The number of benzene rings is 1. The first-order valence-corrected chi connectivity index (χ1v) is 24.5. The Morgan fingerprint density at radius 2 is 1.75 bits per heavy atom. The highest BCUT2D eigenvalue weighted by molar-refractivity contribution is 7.91. The molecule has 19 heteroatoms. The van der Waals surface area contributed by atoms with E-state index in [0.29, 0.717) is 62.8 Å². The number of halogens is 3. The van der Waals surface area contributed by atoms with E-state index < -0.39 is 90.9 Å². The molecule has 4 amide bonds. The lowest BCUT2D eigenvalue weighted by Gasteiger charge is -2.37. The number of rotatable bonds is 8. The summed E-state index contributed by atoms with van der Waals surface area (Å²) in [5.74, 6) is -2.98. The van der Waals surface area contributed by atoms with Crippen molar-refractivity contribution in [3.8, 4) is 11.5 Å². The third-order valence-corrected chi connectivity index (χ3v) is 16.0. The van der Waals surface area contributed by atoms with Crippen LogP contribution in [-0.4, -0.2) is 113 Å². The van der Waals surface area contributed by atoms with Crippen molar-refractivity contribution in [2.45, 2.75) is 157 Å². The van der Waals surface area contributed by atoms with E-state index in [-0.39, 0.29) is 49.7 Å². The SMILES string of the molecule is CC(C)(C)OC(=O)N[C@H]1CCCCC/C=C\[C@H]2C[C@@]2(C(=O)NS(=O)(=O)C2(C)CC2)NC(=O)[C@@H]2C[C@]3(CCc4c(c(C(F)(F)F)nc5ccc(OCCN6CCCCC6)cc45)O3)CN2C1=O. The highest BCUT2D eigenvalue weighted by Gasteiger charge is 2.64. The summed E-state index contributed by atoms with van der Waals surface area (Å²) in [7, 11) is -4.10. The summed E-state index contributed by atoms with van der Waals surface area (Å²) in [5, 5.41) is 5.93. The summed E-state index contributed by atoms with van der Waals surface area (Å²) in [5.41, 5.74) is -4.98. The first kappa shape index (κ1) is 46.9. The van der Waals surface area contributed by atoms with Crippen LogP contribution in [0.15, 0.2) is 30.4 Å². The Bertz CT molecular complexity index is 2350. The van der Waals surface area contributed by atoms with Gasteiger partial charge in [0.05, 0.1) is 16.8 Å². The summed E-state index contributed by atoms with van der Waals surface area (Å²) in [4.78, 5) is 64.5. The minimum absolute atomic E-state index is 0.0699. The molecule has 15 nitrogen and oxygen atoms in total. The second-order valence-electron chi connectivity index (χ2n) is 20.1. The fourth-order valence-electron chi connectivity index (χ4n) is 9.72. The number of alkyl halides is 3. The molecule has 5 heterocycles. The van der Waals surface area contributed by atoms with Crippen LogP contribution in [0, 0.1) is 5.92 Å². The summed E-state index contributed by atoms with van der Waals surface area (Å²) in [6.07, 6.45) is 4.70. The van der Waals surface area contributed by atoms with Gasteiger partial charge in [-0.1, -0.05) is 31.4 Å². The number of hydrogen-bond acceptors (Lipinski definition) is 11. The van der Waals surface area contributed by atoms with Crippen molar-refractivity contribution in [3.05, 3.63) is 41.6 Å². The number of ether oxygens (including phenoxy) is 3. The number of alkyl carbamates (subject to hydrolysis) is 1. The van der Waals surface area contributed by atoms with Gasteiger partial charge in [-0.2, -0.15) is 13.2 Å². The van der Waals surface area contributed by atoms with E-state index in [9.17, 15) is 27.6 Å². The monoisotopic (exact) mass is 930 g/mol. The zero-order valence-corrected chi connectivity index (χ0v) is 38.4. The number of nitrogens with one attached hydrogen (secondary N) is 3. The van der Waals surface area contributed by atoms with Crippen molar-refractivity contribution in [2.75, 3.05) is 32.8 Å². The lowest BCUT2D eigenvalue weighted by Crippen LogP contribution is -2.58. The molecule has 2 aliphatic carbocycles. The van der Waals surface area contributed by atoms with Gasteiger partial charge >= 0.3 is 12.3 Å². The van der Waals surface area contributed by atoms with Crippen LogP contribution in [0.25, 0.3) is 10.9 Å². The van der Waals surface area contributed by atoms with Gasteiger partial charge < -0.3 is 29.7 Å². The fraction of sp³-hybridized carbons (Fsp3) is 0.674. The van der Waals surface area contributed by atoms with E-state index in [1.54, 1.807) is 39.0 Å². The number of pyridine rings is 1. The predicted molar refractivity (Wildman–Crippen MR) is 233 cm³/mol. The lowest BCUT2D eigenvalue weighted by atomic mass is 9.87. The summed E-state index contributed by atoms with van der Waals surface area (Å²) < 4.78 is 90.8. The quantitative estimate of drug-likeness (QED) is 0.261. The van der Waals surface area contributed by atoms with Gasteiger partial charge in [-0.3, -0.25) is 24.0 Å². The molecular formula is C46H61F3N6O9S. The number of carbonyl (C=O) groups is 4. The Labute approximate surface area is 378 Å². The molecule has 356 valence electrons. The van der Waals surface area contributed by atoms with Crippen LogP contribution in [0.3, 0.4) is 0 Å². The molecule has 0 radical (unpaired) electrons. The molecule has 8 rings (SSSR count). The number of carbonyl (C=O) groups excluding carboxylic acids is 4. The third-order valence-electron chi connectivity index (χ3n) is 13.9. The second kappa shape index (κ2) is 17.5. The molecule has 6 aliphatic rings. The van der Waals surface area contributed by atoms with Crippen LogP contribution in [0.5, 0.6) is 11.5 Å². The van der Waals surface area contributed by atoms with Crippen LogP contribution in [0.1, 0.15) is 122 Å². The largest absolute Gasteiger partial charge is 0.492 e. The summed E-state index contributed by atoms with van der Waals surface area (Å²) in [6.45, 7) is 9.31. The second-order valence-corrected chi connectivity index (χ2v) is 22.3. The summed E-state index contributed by atoms with van der Waals surface area (Å²) >= 11 is 0. The number of aryl methyl sites for hydroxylation is 1. The Morgan fingerprint density at radius 3 is 2.46 bits per heavy atom. The molecule has 2 aromatic rings. The van der Waals surface area contributed by atoms with Crippen LogP contribution in [0.2, 0.25) is 0 Å². The predicted octanol–water partition coefficient (Wildman–Crippen LogP) is 6.07. The molecule has 4 aliphatic heterocycles. The molecule has 0 unspecified atom stereocenters. The maximum Gasteiger partial charge on any atom is 0.437 e. The van der Waals surface area contributed by atoms with Crippen LogP contribution in [-0.2, 0) is 41.7 Å². The molecule has 5 atom stereocenters. The van der Waals surface area contributed by atoms with Crippen molar-refractivity contribution in [1.82, 2.24) is 30.1 Å². The van der Waals surface area contributed by atoms with Crippen LogP contribution < -0.4 is 24.8 Å². The minimum Gasteiger partial charge on any atom is -0.492 e. The maximum absolute atomic E-state index is 15.0. The van der Waals surface area contributed by atoms with Gasteiger partial charge in [-0.15, -0.1) is 0 Å². The topological polar surface area (TPSA) is 186 Å². The zero-order valence-electron chi connectivity index (χ0n) is 37.6. The molecule has 4 fully saturated rings. The number of sulfonamides is 1. The van der Waals surface area contributed by atoms with Gasteiger partial charge in [0.15, 0.2) is 11.4 Å². The van der Waals surface area contributed by atoms with E-state index >= 15 is 13.2 Å². The van der Waals surface area contributed by atoms with Crippen molar-refractivity contribution < 1.29 is 55.0 Å². The van der Waals surface area contributed by atoms with Crippen LogP contribution >= 0.6 is 0 Å². The first-order valence-electron chi connectivity index (χ1n) is 23.0. The molecule has 2 saturated heterocycles. The molecule has 1 spiro atoms. The number of hydrogen-bond donors (Lipinski definition) is 3. The zero-order chi connectivity index (χ0) is 46.6. The maximum atomic E-state index is 15.0. The Kier molecular flexibility index (Phi) is 12.6. The van der Waals surface area contributed by atoms with Gasteiger partial charge in [0.25, 0.3) is 5.91 Å². The average Bonchev–Trinajstić information content (AvgIpc) is 4.13. The third kappa shape index (κ3) is 10.1. The number of nitrogens with zero attached hydrogens (tertiary/aromatic N) is 3. The Balaban J connectivity index is 1.13. The number of allylic oxidation sites excluding steroid dienone is 1. The molecule has 0 bridgehead atoms. The highest BCUT2D eigenvalue weighted by Crippen LogP contribution is 2.50. The number of piperidine rings is 1. The molecule has 65 heavy (non-hydrogen) atoms. The van der Waals surface area contributed by atoms with Gasteiger partial charge in [-0.05, 0) is 123 Å². The summed E-state index contributed by atoms with van der Waals surface area (Å²) in [6, 6.07) is 2.20. The smallest absolute Gasteiger partial charge is 0.437 e. The van der Waals surface area contributed by atoms with E-state index in [0.717, 1.165) is 25.9 Å². The normalized spacial score (nSPS) is 28.9. The standard InChI is InChI=1S/C46H61F3N6O9S/c1-42(2,3)64-41(59)51-34-14-10-7-5-6-9-13-29-26-45(29,40(58)53-65(60,61)43(4)19-20-43)52-38(56)35-27-44(28-55(35)39(34)57)18-17-31-32-25-30(62-24-23-54-21-11-8-12-22-54)15-16-33(32)50-37(36(31)63-44)46(47,48)49/h9,13,15-16,25,29,34-35H,5-8,10-12,14,17-24,26-28H2,1-4H3,(H,51,59)(H,52,56)(H,53,58)/b13-9-/t29-,34-,35-,44+,45+/m0/s1. The van der Waals surface area contributed by atoms with E-state index in [1.807, 2.05) is 6.08 Å². The van der Waals surface area contributed by atoms with Gasteiger partial charge in [0.1, 0.15) is 41.2 Å². The van der Waals surface area contributed by atoms with Gasteiger partial charge in [0, 0.05) is 29.8 Å². The number of aromatic nitrogens is 1. The Hall–Kier alpha value is -4.65. The van der Waals surface area contributed by atoms with E-state index in [2.05, 4.69) is 25.2 Å². The average molecular weight is 931 g/mol. The molecule has 1 aromatic carbocycles. The Morgan fingerprint density at radius 1 is 1.02 bits per heavy atom. The molecule has 3 N–H and O–H groups in total. The number of likely N-dealkylation sites (tertiary alicyclic amines) is 1. The molecular weight excluding hydrogens is 870 g/mol. The van der Waals surface area contributed by atoms with Crippen molar-refractivity contribution in [3.63, 3.8) is 0 Å². The van der Waals surface area contributed by atoms with Crippen LogP contribution in [0.4, 0.5) is 18.0 Å². The van der Waals surface area contributed by atoms with Crippen molar-refractivity contribution in [2.24, 2.45) is 5.92 Å². The van der Waals surface area contributed by atoms with Crippen molar-refractivity contribution in [1.29, 1.82) is 0 Å². The fourth-order valence-corrected chi connectivity index (χ4v) is 11.0. The first-order chi connectivity index (χ1) is 30.6. The number of amides is 4. The van der Waals surface area contributed by atoms with E-state index in [1.165, 1.54) is 24.3 Å². The molecule has 2 saturated carbocycles. The molecule has 1 aromatic heterocycles. The highest BCUT2D eigenvalue weighted by atomic mass is 32.2. The lowest BCUT2D eigenvalue weighted by molar-refractivity contribution is -0.144. The van der Waals surface area contributed by atoms with Gasteiger partial charge in [0.2, 0.25) is 21.8 Å².